The van der Waals surface area contributed by atoms with Crippen LogP contribution in [0.15, 0.2) is 43.0 Å². The minimum absolute atomic E-state index is 0.0548. The number of hydrogen-bond donors (Lipinski definition) is 1. The Morgan fingerprint density at radius 2 is 2.03 bits per heavy atom. The van der Waals surface area contributed by atoms with E-state index < -0.39 is 11.4 Å². The number of halogens is 3. The average Bonchev–Trinajstić information content (AvgIpc) is 3.18. The summed E-state index contributed by atoms with van der Waals surface area (Å²) in [5, 5.41) is 3.73. The highest BCUT2D eigenvalue weighted by Crippen LogP contribution is 2.43. The number of anilines is 1. The number of hydrogen-bond acceptors (Lipinski definition) is 3. The zero-order chi connectivity index (χ0) is 22.3. The highest BCUT2D eigenvalue weighted by Gasteiger charge is 2.44. The van der Waals surface area contributed by atoms with Gasteiger partial charge in [0.05, 0.1) is 15.6 Å². The number of carbonyl (C=O) groups excluding carboxylic acids is 2. The molecule has 0 spiro atoms. The maximum absolute atomic E-state index is 15.1. The smallest absolute Gasteiger partial charge is 0.253 e. The third kappa shape index (κ3) is 3.79. The van der Waals surface area contributed by atoms with E-state index in [1.54, 1.807) is 22.9 Å². The van der Waals surface area contributed by atoms with Crippen molar-refractivity contribution < 1.29 is 14.0 Å². The molecule has 0 aromatic heterocycles. The van der Waals surface area contributed by atoms with Crippen LogP contribution in [0.3, 0.4) is 0 Å². The summed E-state index contributed by atoms with van der Waals surface area (Å²) in [7, 11) is 1.77. The maximum atomic E-state index is 15.1. The van der Waals surface area contributed by atoms with E-state index >= 15 is 4.39 Å². The van der Waals surface area contributed by atoms with Gasteiger partial charge in [-0.05, 0) is 48.7 Å². The highest BCUT2D eigenvalue weighted by molar-refractivity contribution is 6.42. The summed E-state index contributed by atoms with van der Waals surface area (Å²) < 4.78 is 15.1. The largest absolute Gasteiger partial charge is 0.374 e. The van der Waals surface area contributed by atoms with Crippen LogP contribution in [0.2, 0.25) is 10.0 Å². The van der Waals surface area contributed by atoms with Crippen LogP contribution in [0.5, 0.6) is 0 Å². The van der Waals surface area contributed by atoms with Gasteiger partial charge in [0.2, 0.25) is 5.91 Å². The first kappa shape index (κ1) is 21.7. The van der Waals surface area contributed by atoms with Crippen molar-refractivity contribution in [1.29, 1.82) is 0 Å². The number of likely N-dealkylation sites (N-methyl/N-ethyl adjacent to an activating group) is 1. The Kier molecular flexibility index (Phi) is 5.71. The van der Waals surface area contributed by atoms with Crippen LogP contribution in [0, 0.1) is 5.82 Å². The van der Waals surface area contributed by atoms with E-state index in [4.69, 9.17) is 23.2 Å². The fourth-order valence-electron chi connectivity index (χ4n) is 4.40. The number of rotatable bonds is 4. The number of fused-ring (bicyclic) bond motifs is 1. The molecule has 2 aliphatic rings. The van der Waals surface area contributed by atoms with Crippen molar-refractivity contribution in [3.63, 3.8) is 0 Å². The average molecular weight is 462 g/mol. The molecule has 0 unspecified atom stereocenters. The highest BCUT2D eigenvalue weighted by atomic mass is 35.5. The zero-order valence-corrected chi connectivity index (χ0v) is 18.6. The molecule has 162 valence electrons. The van der Waals surface area contributed by atoms with E-state index in [0.717, 1.165) is 12.0 Å². The summed E-state index contributed by atoms with van der Waals surface area (Å²) in [4.78, 5) is 28.2. The Labute approximate surface area is 190 Å². The van der Waals surface area contributed by atoms with E-state index in [2.05, 4.69) is 11.9 Å². The lowest BCUT2D eigenvalue weighted by Crippen LogP contribution is -2.41. The molecule has 1 N–H and O–H groups in total. The van der Waals surface area contributed by atoms with Gasteiger partial charge >= 0.3 is 0 Å². The molecule has 0 radical (unpaired) electrons. The Balaban J connectivity index is 1.79. The van der Waals surface area contributed by atoms with Crippen LogP contribution in [0.1, 0.15) is 27.9 Å². The lowest BCUT2D eigenvalue weighted by molar-refractivity contribution is -0.125. The van der Waals surface area contributed by atoms with Gasteiger partial charge in [-0.1, -0.05) is 35.8 Å². The SMILES string of the molecule is C=CC(=O)N1CC[C@](Nc2ccc3c(c2)C(=O)N(C)CC3)(c2c(F)ccc(Cl)c2Cl)C1. The topological polar surface area (TPSA) is 52.7 Å². The summed E-state index contributed by atoms with van der Waals surface area (Å²) in [6, 6.07) is 8.24. The first-order chi connectivity index (χ1) is 14.8. The molecule has 2 aromatic rings. The van der Waals surface area contributed by atoms with Crippen LogP contribution >= 0.6 is 23.2 Å². The number of nitrogens with zero attached hydrogens (tertiary/aromatic N) is 2. The van der Waals surface area contributed by atoms with Gasteiger partial charge < -0.3 is 15.1 Å². The van der Waals surface area contributed by atoms with Crippen molar-refractivity contribution in [3.8, 4) is 0 Å². The van der Waals surface area contributed by atoms with Crippen LogP contribution in [0.4, 0.5) is 10.1 Å². The maximum Gasteiger partial charge on any atom is 0.253 e. The van der Waals surface area contributed by atoms with E-state index in [1.165, 1.54) is 18.2 Å². The molecule has 1 fully saturated rings. The quantitative estimate of drug-likeness (QED) is 0.539. The lowest BCUT2D eigenvalue weighted by Gasteiger charge is -2.34. The van der Waals surface area contributed by atoms with E-state index in [0.29, 0.717) is 30.8 Å². The third-order valence-corrected chi connectivity index (χ3v) is 6.87. The van der Waals surface area contributed by atoms with E-state index in [-0.39, 0.29) is 34.0 Å². The number of nitrogens with one attached hydrogen (secondary N) is 1. The Morgan fingerprint density at radius 3 is 2.77 bits per heavy atom. The molecule has 0 bridgehead atoms. The van der Waals surface area contributed by atoms with Crippen molar-refractivity contribution >= 4 is 40.7 Å². The van der Waals surface area contributed by atoms with Crippen molar-refractivity contribution in [3.05, 3.63) is 75.5 Å². The molecule has 2 amide bonds. The predicted octanol–water partition coefficient (Wildman–Crippen LogP) is 4.49. The minimum atomic E-state index is -1.01. The lowest BCUT2D eigenvalue weighted by atomic mass is 9.87. The van der Waals surface area contributed by atoms with Gasteiger partial charge in [0.1, 0.15) is 5.82 Å². The molecule has 0 aliphatic carbocycles. The first-order valence-corrected chi connectivity index (χ1v) is 10.7. The number of likely N-dealkylation sites (tertiary alicyclic amines) is 1. The van der Waals surface area contributed by atoms with Crippen molar-refractivity contribution in [2.75, 3.05) is 32.0 Å². The van der Waals surface area contributed by atoms with Crippen molar-refractivity contribution in [1.82, 2.24) is 9.80 Å². The second-order valence-corrected chi connectivity index (χ2v) is 8.77. The van der Waals surface area contributed by atoms with Gasteiger partial charge in [-0.3, -0.25) is 9.59 Å². The Hall–Kier alpha value is -2.57. The van der Waals surface area contributed by atoms with Crippen molar-refractivity contribution in [2.45, 2.75) is 18.4 Å². The van der Waals surface area contributed by atoms with Gasteiger partial charge in [-0.15, -0.1) is 0 Å². The summed E-state index contributed by atoms with van der Waals surface area (Å²) in [6.07, 6.45) is 2.42. The summed E-state index contributed by atoms with van der Waals surface area (Å²) in [5.74, 6) is -0.811. The van der Waals surface area contributed by atoms with Gasteiger partial charge in [0.15, 0.2) is 0 Å². The monoisotopic (exact) mass is 461 g/mol. The molecular weight excluding hydrogens is 440 g/mol. The standard InChI is InChI=1S/C23H22Cl2FN3O2/c1-3-19(30)29-11-9-23(13-29,20-18(26)7-6-17(24)21(20)25)27-15-5-4-14-8-10-28(2)22(31)16(14)12-15/h3-7,12,27H,1,8-11,13H2,2H3/t23-/m1/s1. The second-order valence-electron chi connectivity index (χ2n) is 7.99. The summed E-state index contributed by atoms with van der Waals surface area (Å²) >= 11 is 12.7. The van der Waals surface area contributed by atoms with E-state index in [9.17, 15) is 9.59 Å². The molecule has 31 heavy (non-hydrogen) atoms. The predicted molar refractivity (Wildman–Crippen MR) is 120 cm³/mol. The molecule has 4 rings (SSSR count). The number of carbonyl (C=O) groups is 2. The number of benzene rings is 2. The molecule has 2 aliphatic heterocycles. The van der Waals surface area contributed by atoms with Gasteiger partial charge in [-0.2, -0.15) is 0 Å². The molecule has 5 nitrogen and oxygen atoms in total. The molecule has 1 saturated heterocycles. The van der Waals surface area contributed by atoms with E-state index in [1.807, 2.05) is 12.1 Å². The fraction of sp³-hybridized carbons (Fsp3) is 0.304. The molecule has 0 saturated carbocycles. The molecule has 1 atom stereocenters. The normalized spacial score (nSPS) is 20.6. The first-order valence-electron chi connectivity index (χ1n) is 9.97. The van der Waals surface area contributed by atoms with Crippen molar-refractivity contribution in [2.24, 2.45) is 0 Å². The van der Waals surface area contributed by atoms with Gasteiger partial charge in [-0.25, -0.2) is 4.39 Å². The molecule has 2 aromatic carbocycles. The number of amides is 2. The zero-order valence-electron chi connectivity index (χ0n) is 17.1. The third-order valence-electron chi connectivity index (χ3n) is 6.07. The van der Waals surface area contributed by atoms with Crippen LogP contribution in [-0.2, 0) is 16.8 Å². The summed E-state index contributed by atoms with van der Waals surface area (Å²) in [5.41, 5.74) is 1.43. The fourth-order valence-corrected chi connectivity index (χ4v) is 4.90. The van der Waals surface area contributed by atoms with Crippen LogP contribution < -0.4 is 5.32 Å². The minimum Gasteiger partial charge on any atom is -0.374 e. The Bertz CT molecular complexity index is 1090. The van der Waals surface area contributed by atoms with Crippen LogP contribution in [-0.4, -0.2) is 48.3 Å². The summed E-state index contributed by atoms with van der Waals surface area (Å²) in [6.45, 7) is 4.79. The van der Waals surface area contributed by atoms with Gasteiger partial charge in [0.25, 0.3) is 5.91 Å². The van der Waals surface area contributed by atoms with Crippen LogP contribution in [0.25, 0.3) is 0 Å². The molecular formula is C23H22Cl2FN3O2. The molecule has 2 heterocycles. The molecule has 8 heteroatoms. The van der Waals surface area contributed by atoms with Gasteiger partial charge in [0, 0.05) is 43.5 Å². The second kappa shape index (κ2) is 8.17. The Morgan fingerprint density at radius 1 is 1.26 bits per heavy atom.